The van der Waals surface area contributed by atoms with Gasteiger partial charge in [0, 0.05) is 30.4 Å². The molecule has 7 nitrogen and oxygen atoms in total. The smallest absolute Gasteiger partial charge is 0.406 e. The molecule has 2 aromatic carbocycles. The largest absolute Gasteiger partial charge is 0.573 e. The number of rotatable bonds is 6. The molecule has 0 unspecified atom stereocenters. The van der Waals surface area contributed by atoms with Crippen LogP contribution >= 0.6 is 0 Å². The summed E-state index contributed by atoms with van der Waals surface area (Å²) >= 11 is 0. The van der Waals surface area contributed by atoms with Crippen LogP contribution < -0.4 is 15.8 Å². The monoisotopic (exact) mass is 443 g/mol. The minimum Gasteiger partial charge on any atom is -0.406 e. The molecule has 0 aromatic heterocycles. The Labute approximate surface area is 171 Å². The van der Waals surface area contributed by atoms with Gasteiger partial charge in [0.2, 0.25) is 15.9 Å². The topological polar surface area (TPSA) is 102 Å². The molecule has 0 spiro atoms. The Hall–Kier alpha value is -2.79. The number of primary amides is 1. The molecule has 0 radical (unpaired) electrons. The standard InChI is InChI=1S/C19H20F3N3O4S/c20-19(21,22)29-16-5-1-14(2-6-16)24-15-3-7-17(8-4-15)30(27,28)25-11-9-13(10-12-25)18(23)26/h1-8,13,24H,9-12H2,(H2,23,26). The van der Waals surface area contributed by atoms with Crippen LogP contribution in [0.2, 0.25) is 0 Å². The molecule has 1 amide bonds. The molecular formula is C19H20F3N3O4S. The molecule has 0 atom stereocenters. The van der Waals surface area contributed by atoms with Crippen LogP contribution in [0.5, 0.6) is 5.75 Å². The van der Waals surface area contributed by atoms with E-state index in [9.17, 15) is 26.4 Å². The normalized spacial score (nSPS) is 16.2. The van der Waals surface area contributed by atoms with E-state index in [1.165, 1.54) is 40.7 Å². The van der Waals surface area contributed by atoms with Crippen LogP contribution in [0.15, 0.2) is 53.4 Å². The number of sulfonamides is 1. The van der Waals surface area contributed by atoms with Crippen LogP contribution in [0.4, 0.5) is 24.5 Å². The highest BCUT2D eigenvalue weighted by Crippen LogP contribution is 2.27. The van der Waals surface area contributed by atoms with E-state index >= 15 is 0 Å². The molecular weight excluding hydrogens is 423 g/mol. The average Bonchev–Trinajstić information content (AvgIpc) is 2.69. The summed E-state index contributed by atoms with van der Waals surface area (Å²) in [5.41, 5.74) is 6.35. The molecule has 162 valence electrons. The van der Waals surface area contributed by atoms with E-state index in [2.05, 4.69) is 10.1 Å². The predicted molar refractivity (Wildman–Crippen MR) is 104 cm³/mol. The number of amides is 1. The Morgan fingerprint density at radius 1 is 1.00 bits per heavy atom. The van der Waals surface area contributed by atoms with Crippen LogP contribution in [0.25, 0.3) is 0 Å². The lowest BCUT2D eigenvalue weighted by atomic mass is 9.98. The predicted octanol–water partition coefficient (Wildman–Crippen LogP) is 3.21. The van der Waals surface area contributed by atoms with Crippen molar-refractivity contribution < 1.29 is 31.1 Å². The Balaban J connectivity index is 1.64. The van der Waals surface area contributed by atoms with E-state index < -0.39 is 22.3 Å². The average molecular weight is 443 g/mol. The Morgan fingerprint density at radius 3 is 1.97 bits per heavy atom. The Morgan fingerprint density at radius 2 is 1.50 bits per heavy atom. The van der Waals surface area contributed by atoms with Gasteiger partial charge in [0.25, 0.3) is 0 Å². The van der Waals surface area contributed by atoms with Crippen molar-refractivity contribution in [2.75, 3.05) is 18.4 Å². The van der Waals surface area contributed by atoms with Gasteiger partial charge in [-0.15, -0.1) is 13.2 Å². The van der Waals surface area contributed by atoms with Gasteiger partial charge in [0.05, 0.1) is 4.90 Å². The maximum absolute atomic E-state index is 12.8. The fraction of sp³-hybridized carbons (Fsp3) is 0.316. The second-order valence-electron chi connectivity index (χ2n) is 6.80. The number of ether oxygens (including phenoxy) is 1. The van der Waals surface area contributed by atoms with Crippen molar-refractivity contribution in [1.29, 1.82) is 0 Å². The number of nitrogens with zero attached hydrogens (tertiary/aromatic N) is 1. The van der Waals surface area contributed by atoms with Gasteiger partial charge in [-0.1, -0.05) is 0 Å². The number of halogens is 3. The van der Waals surface area contributed by atoms with Gasteiger partial charge in [0.1, 0.15) is 5.75 Å². The summed E-state index contributed by atoms with van der Waals surface area (Å²) in [5.74, 6) is -1.06. The molecule has 0 bridgehead atoms. The fourth-order valence-electron chi connectivity index (χ4n) is 3.15. The summed E-state index contributed by atoms with van der Waals surface area (Å²) in [6, 6.07) is 11.2. The molecule has 30 heavy (non-hydrogen) atoms. The molecule has 3 rings (SSSR count). The van der Waals surface area contributed by atoms with Crippen molar-refractivity contribution in [3.05, 3.63) is 48.5 Å². The zero-order valence-corrected chi connectivity index (χ0v) is 16.5. The Kier molecular flexibility index (Phi) is 6.22. The van der Waals surface area contributed by atoms with Gasteiger partial charge in [-0.3, -0.25) is 4.79 Å². The first kappa shape index (κ1) is 21.9. The molecule has 1 heterocycles. The molecule has 2 aromatic rings. The molecule has 1 fully saturated rings. The van der Waals surface area contributed by atoms with E-state index in [-0.39, 0.29) is 29.7 Å². The van der Waals surface area contributed by atoms with Gasteiger partial charge in [-0.2, -0.15) is 4.31 Å². The Bertz CT molecular complexity index is 985. The maximum Gasteiger partial charge on any atom is 0.573 e. The first-order valence-electron chi connectivity index (χ1n) is 9.07. The van der Waals surface area contributed by atoms with Crippen molar-refractivity contribution in [3.8, 4) is 5.75 Å². The lowest BCUT2D eigenvalue weighted by molar-refractivity contribution is -0.274. The third kappa shape index (κ3) is 5.42. The van der Waals surface area contributed by atoms with Crippen molar-refractivity contribution in [2.45, 2.75) is 24.1 Å². The van der Waals surface area contributed by atoms with E-state index in [0.29, 0.717) is 24.2 Å². The lowest BCUT2D eigenvalue weighted by Gasteiger charge is -2.29. The number of nitrogens with two attached hydrogens (primary N) is 1. The number of anilines is 2. The van der Waals surface area contributed by atoms with Crippen molar-refractivity contribution in [1.82, 2.24) is 4.31 Å². The van der Waals surface area contributed by atoms with Crippen LogP contribution in [0, 0.1) is 5.92 Å². The van der Waals surface area contributed by atoms with Crippen molar-refractivity contribution in [3.63, 3.8) is 0 Å². The number of hydrogen-bond donors (Lipinski definition) is 2. The van der Waals surface area contributed by atoms with E-state index in [1.54, 1.807) is 12.1 Å². The molecule has 1 saturated heterocycles. The van der Waals surface area contributed by atoms with Gasteiger partial charge >= 0.3 is 6.36 Å². The highest BCUT2D eigenvalue weighted by Gasteiger charge is 2.32. The molecule has 11 heteroatoms. The number of benzene rings is 2. The van der Waals surface area contributed by atoms with Crippen LogP contribution in [0.1, 0.15) is 12.8 Å². The number of alkyl halides is 3. The maximum atomic E-state index is 12.8. The summed E-state index contributed by atoms with van der Waals surface area (Å²) < 4.78 is 67.3. The van der Waals surface area contributed by atoms with Gasteiger partial charge in [0.15, 0.2) is 0 Å². The number of hydrogen-bond acceptors (Lipinski definition) is 5. The lowest BCUT2D eigenvalue weighted by Crippen LogP contribution is -2.41. The molecule has 1 aliphatic rings. The van der Waals surface area contributed by atoms with Crippen LogP contribution in [-0.4, -0.2) is 38.1 Å². The van der Waals surface area contributed by atoms with Crippen LogP contribution in [0.3, 0.4) is 0 Å². The van der Waals surface area contributed by atoms with Gasteiger partial charge in [-0.05, 0) is 61.4 Å². The van der Waals surface area contributed by atoms with Crippen molar-refractivity contribution in [2.24, 2.45) is 11.7 Å². The van der Waals surface area contributed by atoms with E-state index in [0.717, 1.165) is 0 Å². The first-order chi connectivity index (χ1) is 14.0. The number of nitrogens with one attached hydrogen (secondary N) is 1. The summed E-state index contributed by atoms with van der Waals surface area (Å²) in [5, 5.41) is 2.97. The van der Waals surface area contributed by atoms with E-state index in [1.807, 2.05) is 0 Å². The van der Waals surface area contributed by atoms with Gasteiger partial charge < -0.3 is 15.8 Å². The molecule has 1 aliphatic heterocycles. The zero-order valence-electron chi connectivity index (χ0n) is 15.7. The minimum atomic E-state index is -4.76. The summed E-state index contributed by atoms with van der Waals surface area (Å²) in [6.45, 7) is 0.449. The molecule has 0 aliphatic carbocycles. The number of carbonyl (C=O) groups excluding carboxylic acids is 1. The van der Waals surface area contributed by atoms with Crippen LogP contribution in [-0.2, 0) is 14.8 Å². The fourth-order valence-corrected chi connectivity index (χ4v) is 4.62. The highest BCUT2D eigenvalue weighted by atomic mass is 32.2. The molecule has 3 N–H and O–H groups in total. The van der Waals surface area contributed by atoms with Crippen molar-refractivity contribution >= 4 is 27.3 Å². The third-order valence-corrected chi connectivity index (χ3v) is 6.64. The number of piperidine rings is 1. The highest BCUT2D eigenvalue weighted by molar-refractivity contribution is 7.89. The van der Waals surface area contributed by atoms with E-state index in [4.69, 9.17) is 5.73 Å². The zero-order chi connectivity index (χ0) is 21.9. The summed E-state index contributed by atoms with van der Waals surface area (Å²) in [6.07, 6.45) is -3.98. The summed E-state index contributed by atoms with van der Waals surface area (Å²) in [7, 11) is -3.69. The SMILES string of the molecule is NC(=O)C1CCN(S(=O)(=O)c2ccc(Nc3ccc(OC(F)(F)F)cc3)cc2)CC1. The quantitative estimate of drug-likeness (QED) is 0.714. The number of carbonyl (C=O) groups is 1. The first-order valence-corrected chi connectivity index (χ1v) is 10.5. The second-order valence-corrected chi connectivity index (χ2v) is 8.74. The molecule has 0 saturated carbocycles. The summed E-state index contributed by atoms with van der Waals surface area (Å²) in [4.78, 5) is 11.3. The van der Waals surface area contributed by atoms with Gasteiger partial charge in [-0.25, -0.2) is 8.42 Å². The minimum absolute atomic E-state index is 0.111. The third-order valence-electron chi connectivity index (χ3n) is 4.72. The second kappa shape index (κ2) is 8.52.